The van der Waals surface area contributed by atoms with Crippen LogP contribution in [-0.4, -0.2) is 37.4 Å². The van der Waals surface area contributed by atoms with Crippen molar-refractivity contribution in [2.75, 3.05) is 21.3 Å². The van der Waals surface area contributed by atoms with Gasteiger partial charge >= 0.3 is 0 Å². The van der Waals surface area contributed by atoms with Crippen LogP contribution in [0.3, 0.4) is 0 Å². The van der Waals surface area contributed by atoms with Gasteiger partial charge in [-0.05, 0) is 39.0 Å². The van der Waals surface area contributed by atoms with Crippen molar-refractivity contribution in [2.24, 2.45) is 0 Å². The van der Waals surface area contributed by atoms with E-state index in [4.69, 9.17) is 23.2 Å². The second-order valence-electron chi connectivity index (χ2n) is 7.53. The number of nitrogens with one attached hydrogen (secondary N) is 1. The highest BCUT2D eigenvalue weighted by Crippen LogP contribution is 2.35. The highest BCUT2D eigenvalue weighted by Gasteiger charge is 2.21. The second kappa shape index (κ2) is 8.85. The van der Waals surface area contributed by atoms with Crippen molar-refractivity contribution in [1.82, 2.24) is 15.5 Å². The Morgan fingerprint density at radius 2 is 1.67 bits per heavy atom. The van der Waals surface area contributed by atoms with Crippen molar-refractivity contribution in [2.45, 2.75) is 27.3 Å². The third-order valence-corrected chi connectivity index (χ3v) is 5.40. The van der Waals surface area contributed by atoms with Crippen LogP contribution in [0.4, 0.5) is 0 Å². The number of amides is 1. The first kappa shape index (κ1) is 22.2. The number of nitrogens with zero attached hydrogens (tertiary/aromatic N) is 2. The average molecular weight is 451 g/mol. The van der Waals surface area contributed by atoms with Crippen molar-refractivity contribution in [3.05, 3.63) is 52.6 Å². The SMILES string of the molecule is COc1cc(OC)c(OC)cc1CNC(=O)c1cc(-c2cc(C)oc2C)nc2onc(C)c12. The third-order valence-electron chi connectivity index (χ3n) is 5.40. The fourth-order valence-corrected chi connectivity index (χ4v) is 3.80. The van der Waals surface area contributed by atoms with E-state index in [0.717, 1.165) is 16.9 Å². The minimum Gasteiger partial charge on any atom is -0.496 e. The van der Waals surface area contributed by atoms with Gasteiger partial charge in [-0.2, -0.15) is 0 Å². The lowest BCUT2D eigenvalue weighted by Gasteiger charge is -2.15. The fourth-order valence-electron chi connectivity index (χ4n) is 3.80. The number of aromatic nitrogens is 2. The Morgan fingerprint density at radius 3 is 2.30 bits per heavy atom. The van der Waals surface area contributed by atoms with Crippen molar-refractivity contribution in [1.29, 1.82) is 0 Å². The molecule has 0 aliphatic heterocycles. The van der Waals surface area contributed by atoms with E-state index in [9.17, 15) is 4.79 Å². The number of hydrogen-bond acceptors (Lipinski definition) is 8. The summed E-state index contributed by atoms with van der Waals surface area (Å²) in [4.78, 5) is 17.9. The Hall–Kier alpha value is -4.01. The molecule has 0 radical (unpaired) electrons. The predicted molar refractivity (Wildman–Crippen MR) is 121 cm³/mol. The van der Waals surface area contributed by atoms with Crippen LogP contribution in [0.2, 0.25) is 0 Å². The van der Waals surface area contributed by atoms with Crippen LogP contribution in [0, 0.1) is 20.8 Å². The molecule has 0 aliphatic carbocycles. The van der Waals surface area contributed by atoms with E-state index in [0.29, 0.717) is 45.3 Å². The van der Waals surface area contributed by atoms with Crippen molar-refractivity contribution < 1.29 is 27.9 Å². The molecule has 0 bridgehead atoms. The number of carbonyl (C=O) groups is 1. The summed E-state index contributed by atoms with van der Waals surface area (Å²) >= 11 is 0. The average Bonchev–Trinajstić information content (AvgIpc) is 3.36. The summed E-state index contributed by atoms with van der Waals surface area (Å²) in [5.41, 5.74) is 3.37. The molecule has 3 aromatic heterocycles. The van der Waals surface area contributed by atoms with Gasteiger partial charge in [0.1, 0.15) is 17.3 Å². The maximum Gasteiger partial charge on any atom is 0.259 e. The van der Waals surface area contributed by atoms with Crippen molar-refractivity contribution >= 4 is 17.0 Å². The van der Waals surface area contributed by atoms with Gasteiger partial charge in [0.25, 0.3) is 11.6 Å². The monoisotopic (exact) mass is 451 g/mol. The topological polar surface area (TPSA) is 109 Å². The van der Waals surface area contributed by atoms with E-state index >= 15 is 0 Å². The number of fused-ring (bicyclic) bond motifs is 1. The quantitative estimate of drug-likeness (QED) is 0.441. The van der Waals surface area contributed by atoms with Crippen LogP contribution in [-0.2, 0) is 6.54 Å². The first-order valence-electron chi connectivity index (χ1n) is 10.3. The highest BCUT2D eigenvalue weighted by atomic mass is 16.5. The van der Waals surface area contributed by atoms with Crippen LogP contribution < -0.4 is 19.5 Å². The standard InChI is InChI=1S/C24H25N3O6/c1-12-7-16(14(3)32-12)18-9-17(22-13(2)27-33-24(22)26-18)23(28)25-11-15-8-20(30-5)21(31-6)10-19(15)29-4/h7-10H,11H2,1-6H3,(H,25,28). The van der Waals surface area contributed by atoms with Gasteiger partial charge in [0.05, 0.1) is 43.7 Å². The molecule has 0 unspecified atom stereocenters. The number of hydrogen-bond donors (Lipinski definition) is 1. The summed E-state index contributed by atoms with van der Waals surface area (Å²) in [7, 11) is 4.66. The zero-order valence-electron chi connectivity index (χ0n) is 19.4. The number of rotatable bonds is 7. The lowest BCUT2D eigenvalue weighted by atomic mass is 10.0. The van der Waals surface area contributed by atoms with Crippen LogP contribution in [0.1, 0.15) is 33.1 Å². The molecule has 1 aromatic carbocycles. The Bertz CT molecular complexity index is 1340. The number of aryl methyl sites for hydroxylation is 3. The molecule has 33 heavy (non-hydrogen) atoms. The van der Waals surface area contributed by atoms with Crippen LogP contribution in [0.15, 0.2) is 33.2 Å². The maximum absolute atomic E-state index is 13.3. The Kier molecular flexibility index (Phi) is 5.95. The molecular formula is C24H25N3O6. The molecule has 3 heterocycles. The predicted octanol–water partition coefficient (Wildman–Crippen LogP) is 4.36. The summed E-state index contributed by atoms with van der Waals surface area (Å²) in [6.45, 7) is 5.69. The lowest BCUT2D eigenvalue weighted by molar-refractivity contribution is 0.0952. The van der Waals surface area contributed by atoms with Crippen molar-refractivity contribution in [3.63, 3.8) is 0 Å². The molecular weight excluding hydrogens is 426 g/mol. The van der Waals surface area contributed by atoms with E-state index < -0.39 is 0 Å². The Labute approximate surface area is 190 Å². The summed E-state index contributed by atoms with van der Waals surface area (Å²) < 4.78 is 27.2. The first-order valence-corrected chi connectivity index (χ1v) is 10.3. The second-order valence-corrected chi connectivity index (χ2v) is 7.53. The smallest absolute Gasteiger partial charge is 0.259 e. The van der Waals surface area contributed by atoms with Crippen LogP contribution >= 0.6 is 0 Å². The molecule has 4 aromatic rings. The maximum atomic E-state index is 13.3. The van der Waals surface area contributed by atoms with E-state index in [2.05, 4.69) is 15.5 Å². The summed E-state index contributed by atoms with van der Waals surface area (Å²) in [5, 5.41) is 7.51. The number of ether oxygens (including phenoxy) is 3. The molecule has 1 N–H and O–H groups in total. The van der Waals surface area contributed by atoms with Gasteiger partial charge in [-0.25, -0.2) is 4.98 Å². The van der Waals surface area contributed by atoms with Gasteiger partial charge in [0, 0.05) is 23.7 Å². The van der Waals surface area contributed by atoms with Gasteiger partial charge < -0.3 is 28.5 Å². The third kappa shape index (κ3) is 4.09. The minimum absolute atomic E-state index is 0.204. The summed E-state index contributed by atoms with van der Waals surface area (Å²) in [6, 6.07) is 7.10. The largest absolute Gasteiger partial charge is 0.496 e. The van der Waals surface area contributed by atoms with Gasteiger partial charge in [0.15, 0.2) is 11.5 Å². The number of carbonyl (C=O) groups excluding carboxylic acids is 1. The first-order chi connectivity index (χ1) is 15.9. The fraction of sp³-hybridized carbons (Fsp3) is 0.292. The number of pyridine rings is 1. The molecule has 0 spiro atoms. The minimum atomic E-state index is -0.301. The number of methoxy groups -OCH3 is 3. The Morgan fingerprint density at radius 1 is 0.970 bits per heavy atom. The van der Waals surface area contributed by atoms with E-state index in [1.54, 1.807) is 46.5 Å². The summed E-state index contributed by atoms with van der Waals surface area (Å²) in [5.74, 6) is 2.80. The van der Waals surface area contributed by atoms with Crippen LogP contribution in [0.5, 0.6) is 17.2 Å². The van der Waals surface area contributed by atoms with E-state index in [1.165, 1.54) is 0 Å². The molecule has 1 amide bonds. The molecule has 9 nitrogen and oxygen atoms in total. The van der Waals surface area contributed by atoms with Gasteiger partial charge in [0.2, 0.25) is 0 Å². The van der Waals surface area contributed by atoms with E-state index in [1.807, 2.05) is 19.9 Å². The molecule has 0 saturated heterocycles. The molecule has 0 atom stereocenters. The normalized spacial score (nSPS) is 11.0. The highest BCUT2D eigenvalue weighted by molar-refractivity contribution is 6.07. The number of benzene rings is 1. The molecule has 9 heteroatoms. The molecule has 172 valence electrons. The number of furan rings is 1. The zero-order chi connectivity index (χ0) is 23.7. The van der Waals surface area contributed by atoms with Gasteiger partial charge in [-0.15, -0.1) is 0 Å². The Balaban J connectivity index is 1.70. The summed E-state index contributed by atoms with van der Waals surface area (Å²) in [6.07, 6.45) is 0. The zero-order valence-corrected chi connectivity index (χ0v) is 19.4. The molecule has 0 saturated carbocycles. The van der Waals surface area contributed by atoms with Gasteiger partial charge in [-0.1, -0.05) is 5.16 Å². The molecule has 4 rings (SSSR count). The molecule has 0 fully saturated rings. The van der Waals surface area contributed by atoms with Gasteiger partial charge in [-0.3, -0.25) is 4.79 Å². The van der Waals surface area contributed by atoms with Crippen molar-refractivity contribution in [3.8, 4) is 28.5 Å². The van der Waals surface area contributed by atoms with Crippen LogP contribution in [0.25, 0.3) is 22.4 Å². The van der Waals surface area contributed by atoms with E-state index in [-0.39, 0.29) is 18.2 Å². The molecule has 0 aliphatic rings. The lowest BCUT2D eigenvalue weighted by Crippen LogP contribution is -2.23.